The van der Waals surface area contributed by atoms with Crippen LogP contribution in [0.25, 0.3) is 0 Å². The number of hydrogen-bond acceptors (Lipinski definition) is 2. The van der Waals surface area contributed by atoms with Crippen LogP contribution in [-0.4, -0.2) is 38.6 Å². The van der Waals surface area contributed by atoms with Gasteiger partial charge in [0, 0.05) is 10.7 Å². The molecule has 6 heteroatoms. The molecule has 126 valence electrons. The molecule has 1 amide bonds. The van der Waals surface area contributed by atoms with Crippen molar-refractivity contribution in [2.45, 2.75) is 0 Å². The minimum absolute atomic E-state index is 0.0264. The van der Waals surface area contributed by atoms with Crippen LogP contribution in [0.5, 0.6) is 0 Å². The summed E-state index contributed by atoms with van der Waals surface area (Å²) < 4.78 is 0. The Morgan fingerprint density at radius 3 is 2.38 bits per heavy atom. The lowest BCUT2D eigenvalue weighted by Gasteiger charge is -2.33. The highest BCUT2D eigenvalue weighted by molar-refractivity contribution is 6.33. The standard InChI is InChI=1S/C18H19Cl2N3O/c19-14-5-7-15(8-6-14)21-18(24)13-22-9-11-23(12-10-22)17-4-2-1-3-16(17)20/h1-8H,9-13H2,(H,21,24)/p+1. The Kier molecular flexibility index (Phi) is 5.61. The number of carbonyl (C=O) groups excluding carboxylic acids is 1. The van der Waals surface area contributed by atoms with Crippen LogP contribution >= 0.6 is 23.2 Å². The number of rotatable bonds is 4. The largest absolute Gasteiger partial charge is 0.359 e. The van der Waals surface area contributed by atoms with E-state index in [0.29, 0.717) is 11.6 Å². The Hall–Kier alpha value is -1.75. The van der Waals surface area contributed by atoms with E-state index in [-0.39, 0.29) is 5.91 Å². The molecule has 0 atom stereocenters. The fourth-order valence-electron chi connectivity index (χ4n) is 2.91. The van der Waals surface area contributed by atoms with E-state index in [1.807, 2.05) is 36.4 Å². The van der Waals surface area contributed by atoms with Gasteiger partial charge in [0.1, 0.15) is 0 Å². The van der Waals surface area contributed by atoms with Crippen molar-refractivity contribution in [3.05, 3.63) is 58.6 Å². The van der Waals surface area contributed by atoms with Crippen molar-refractivity contribution < 1.29 is 9.69 Å². The van der Waals surface area contributed by atoms with Crippen LogP contribution < -0.4 is 15.1 Å². The summed E-state index contributed by atoms with van der Waals surface area (Å²) in [7, 11) is 0. The molecule has 0 saturated carbocycles. The van der Waals surface area contributed by atoms with Crippen LogP contribution in [0.4, 0.5) is 11.4 Å². The molecule has 4 nitrogen and oxygen atoms in total. The zero-order valence-electron chi connectivity index (χ0n) is 13.3. The molecule has 1 saturated heterocycles. The summed E-state index contributed by atoms with van der Waals surface area (Å²) in [4.78, 5) is 15.7. The number of nitrogens with zero attached hydrogens (tertiary/aromatic N) is 1. The number of halogens is 2. The molecule has 0 unspecified atom stereocenters. The van der Waals surface area contributed by atoms with Crippen LogP contribution in [0.15, 0.2) is 48.5 Å². The highest BCUT2D eigenvalue weighted by atomic mass is 35.5. The number of benzene rings is 2. The lowest BCUT2D eigenvalue weighted by atomic mass is 10.2. The predicted octanol–water partition coefficient (Wildman–Crippen LogP) is 2.34. The monoisotopic (exact) mass is 364 g/mol. The van der Waals surface area contributed by atoms with Crippen molar-refractivity contribution in [1.29, 1.82) is 0 Å². The van der Waals surface area contributed by atoms with Gasteiger partial charge >= 0.3 is 0 Å². The molecule has 0 spiro atoms. The molecule has 1 fully saturated rings. The van der Waals surface area contributed by atoms with E-state index in [2.05, 4.69) is 10.2 Å². The van der Waals surface area contributed by atoms with E-state index in [4.69, 9.17) is 23.2 Å². The zero-order valence-corrected chi connectivity index (χ0v) is 14.8. The minimum atomic E-state index is 0.0264. The lowest BCUT2D eigenvalue weighted by Crippen LogP contribution is -3.15. The van der Waals surface area contributed by atoms with E-state index < -0.39 is 0 Å². The summed E-state index contributed by atoms with van der Waals surface area (Å²) in [5.41, 5.74) is 1.85. The lowest BCUT2D eigenvalue weighted by molar-refractivity contribution is -0.892. The van der Waals surface area contributed by atoms with E-state index in [1.54, 1.807) is 12.1 Å². The average Bonchev–Trinajstić information content (AvgIpc) is 2.58. The maximum Gasteiger partial charge on any atom is 0.279 e. The summed E-state index contributed by atoms with van der Waals surface area (Å²) in [6.07, 6.45) is 0. The Morgan fingerprint density at radius 1 is 1.04 bits per heavy atom. The van der Waals surface area contributed by atoms with E-state index in [0.717, 1.165) is 42.6 Å². The summed E-state index contributed by atoms with van der Waals surface area (Å²) in [6.45, 7) is 4.10. The number of hydrogen-bond donors (Lipinski definition) is 2. The first kappa shape index (κ1) is 17.1. The molecule has 2 N–H and O–H groups in total. The molecule has 0 radical (unpaired) electrons. The molecule has 3 rings (SSSR count). The molecule has 0 aromatic heterocycles. The average molecular weight is 365 g/mol. The number of nitrogens with one attached hydrogen (secondary N) is 2. The minimum Gasteiger partial charge on any atom is -0.359 e. The van der Waals surface area contributed by atoms with Gasteiger partial charge in [0.15, 0.2) is 6.54 Å². The normalized spacial score (nSPS) is 15.3. The third kappa shape index (κ3) is 4.41. The summed E-state index contributed by atoms with van der Waals surface area (Å²) >= 11 is 12.1. The molecular weight excluding hydrogens is 345 g/mol. The van der Waals surface area contributed by atoms with Crippen molar-refractivity contribution in [2.24, 2.45) is 0 Å². The van der Waals surface area contributed by atoms with Crippen molar-refractivity contribution in [3.8, 4) is 0 Å². The van der Waals surface area contributed by atoms with Crippen LogP contribution in [0.2, 0.25) is 10.0 Å². The quantitative estimate of drug-likeness (QED) is 0.873. The van der Waals surface area contributed by atoms with Gasteiger partial charge in [0.25, 0.3) is 5.91 Å². The summed E-state index contributed by atoms with van der Waals surface area (Å²) in [5, 5.41) is 4.36. The predicted molar refractivity (Wildman–Crippen MR) is 99.3 cm³/mol. The maximum atomic E-state index is 12.2. The second kappa shape index (κ2) is 7.88. The smallest absolute Gasteiger partial charge is 0.279 e. The third-order valence-electron chi connectivity index (χ3n) is 4.20. The molecule has 2 aromatic carbocycles. The molecule has 1 aliphatic heterocycles. The molecule has 0 bridgehead atoms. The van der Waals surface area contributed by atoms with E-state index in [9.17, 15) is 4.79 Å². The number of piperazine rings is 1. The van der Waals surface area contributed by atoms with Gasteiger partial charge in [-0.05, 0) is 36.4 Å². The Bertz CT molecular complexity index is 698. The van der Waals surface area contributed by atoms with Crippen LogP contribution in [0, 0.1) is 0 Å². The second-order valence-corrected chi connectivity index (χ2v) is 6.76. The van der Waals surface area contributed by atoms with E-state index >= 15 is 0 Å². The number of amides is 1. The fraction of sp³-hybridized carbons (Fsp3) is 0.278. The molecular formula is C18H20Cl2N3O+. The first-order valence-corrected chi connectivity index (χ1v) is 8.76. The van der Waals surface area contributed by atoms with Gasteiger partial charge in [0.2, 0.25) is 0 Å². The fourth-order valence-corrected chi connectivity index (χ4v) is 3.30. The molecule has 0 aliphatic carbocycles. The topological polar surface area (TPSA) is 36.8 Å². The first-order valence-electron chi connectivity index (χ1n) is 8.00. The van der Waals surface area contributed by atoms with Gasteiger partial charge in [-0.25, -0.2) is 0 Å². The van der Waals surface area contributed by atoms with Gasteiger partial charge in [-0.15, -0.1) is 0 Å². The highest BCUT2D eigenvalue weighted by Gasteiger charge is 2.23. The molecule has 2 aromatic rings. The van der Waals surface area contributed by atoms with Crippen LogP contribution in [0.3, 0.4) is 0 Å². The summed E-state index contributed by atoms with van der Waals surface area (Å²) in [5.74, 6) is 0.0264. The van der Waals surface area contributed by atoms with Crippen molar-refractivity contribution in [2.75, 3.05) is 42.9 Å². The van der Waals surface area contributed by atoms with Crippen LogP contribution in [-0.2, 0) is 4.79 Å². The first-order chi connectivity index (χ1) is 11.6. The summed E-state index contributed by atoms with van der Waals surface area (Å²) in [6, 6.07) is 15.1. The number of quaternary nitrogens is 1. The van der Waals surface area contributed by atoms with Crippen LogP contribution in [0.1, 0.15) is 0 Å². The SMILES string of the molecule is O=C(C[NH+]1CCN(c2ccccc2Cl)CC1)Nc1ccc(Cl)cc1. The Balaban J connectivity index is 1.49. The maximum absolute atomic E-state index is 12.2. The number of carbonyl (C=O) groups is 1. The van der Waals surface area contributed by atoms with Crippen molar-refractivity contribution >= 4 is 40.5 Å². The van der Waals surface area contributed by atoms with E-state index in [1.165, 1.54) is 4.90 Å². The zero-order chi connectivity index (χ0) is 16.9. The molecule has 1 heterocycles. The van der Waals surface area contributed by atoms with Gasteiger partial charge < -0.3 is 15.1 Å². The van der Waals surface area contributed by atoms with Gasteiger partial charge in [-0.2, -0.15) is 0 Å². The number of anilines is 2. The van der Waals surface area contributed by atoms with Crippen molar-refractivity contribution in [1.82, 2.24) is 0 Å². The second-order valence-electron chi connectivity index (χ2n) is 5.92. The molecule has 1 aliphatic rings. The van der Waals surface area contributed by atoms with Gasteiger partial charge in [0.05, 0.1) is 36.9 Å². The van der Waals surface area contributed by atoms with Crippen molar-refractivity contribution in [3.63, 3.8) is 0 Å². The highest BCUT2D eigenvalue weighted by Crippen LogP contribution is 2.24. The third-order valence-corrected chi connectivity index (χ3v) is 4.77. The Labute approximate surface area is 152 Å². The Morgan fingerprint density at radius 2 is 1.71 bits per heavy atom. The molecule has 24 heavy (non-hydrogen) atoms. The number of para-hydroxylation sites is 1. The van der Waals surface area contributed by atoms with Gasteiger partial charge in [-0.3, -0.25) is 4.79 Å². The van der Waals surface area contributed by atoms with Gasteiger partial charge in [-0.1, -0.05) is 35.3 Å².